The summed E-state index contributed by atoms with van der Waals surface area (Å²) >= 11 is 0. The Morgan fingerprint density at radius 1 is 1.25 bits per heavy atom. The first-order valence-corrected chi connectivity index (χ1v) is 8.08. The second kappa shape index (κ2) is 7.47. The van der Waals surface area contributed by atoms with E-state index < -0.39 is 11.4 Å². The van der Waals surface area contributed by atoms with Crippen LogP contribution in [-0.4, -0.2) is 40.4 Å². The molecular weight excluding hydrogens is 308 g/mol. The Bertz CT molecular complexity index is 613. The Morgan fingerprint density at radius 2 is 1.92 bits per heavy atom. The van der Waals surface area contributed by atoms with Gasteiger partial charge >= 0.3 is 5.97 Å². The normalized spacial score (nSPS) is 17.8. The number of amides is 2. The maximum atomic E-state index is 12.1. The zero-order valence-electron chi connectivity index (χ0n) is 14.1. The minimum atomic E-state index is -0.919. The highest BCUT2D eigenvalue weighted by Gasteiger charge is 2.32. The number of nitrogens with one attached hydrogen (secondary N) is 1. The predicted octanol–water partition coefficient (Wildman–Crippen LogP) is 1.79. The molecule has 1 fully saturated rings. The van der Waals surface area contributed by atoms with Gasteiger partial charge in [0.15, 0.2) is 0 Å². The number of hydrogen-bond acceptors (Lipinski definition) is 3. The third-order valence-electron chi connectivity index (χ3n) is 4.06. The SMILES string of the molecule is CC(C)(CC(=O)O)CC(=O)NC1CC(=O)N(Cc2ccccc2)C1. The summed E-state index contributed by atoms with van der Waals surface area (Å²) in [5, 5.41) is 11.7. The first-order chi connectivity index (χ1) is 11.2. The van der Waals surface area contributed by atoms with E-state index >= 15 is 0 Å². The van der Waals surface area contributed by atoms with Crippen LogP contribution in [0.15, 0.2) is 30.3 Å². The molecule has 2 N–H and O–H groups in total. The highest BCUT2D eigenvalue weighted by Crippen LogP contribution is 2.25. The molecule has 1 aromatic carbocycles. The van der Waals surface area contributed by atoms with Crippen LogP contribution in [0.4, 0.5) is 0 Å². The first-order valence-electron chi connectivity index (χ1n) is 8.08. The largest absolute Gasteiger partial charge is 0.481 e. The van der Waals surface area contributed by atoms with E-state index in [0.29, 0.717) is 13.1 Å². The van der Waals surface area contributed by atoms with Gasteiger partial charge in [0.1, 0.15) is 0 Å². The van der Waals surface area contributed by atoms with E-state index in [4.69, 9.17) is 5.11 Å². The average Bonchev–Trinajstić information content (AvgIpc) is 2.77. The summed E-state index contributed by atoms with van der Waals surface area (Å²) in [5.74, 6) is -1.10. The Hall–Kier alpha value is -2.37. The highest BCUT2D eigenvalue weighted by molar-refractivity contribution is 5.82. The van der Waals surface area contributed by atoms with Crippen molar-refractivity contribution in [2.24, 2.45) is 5.41 Å². The van der Waals surface area contributed by atoms with E-state index in [1.165, 1.54) is 0 Å². The number of aliphatic carboxylic acids is 1. The van der Waals surface area contributed by atoms with Gasteiger partial charge in [-0.15, -0.1) is 0 Å². The van der Waals surface area contributed by atoms with Crippen LogP contribution >= 0.6 is 0 Å². The summed E-state index contributed by atoms with van der Waals surface area (Å²) in [4.78, 5) is 36.8. The molecule has 1 saturated heterocycles. The van der Waals surface area contributed by atoms with Gasteiger partial charge in [-0.2, -0.15) is 0 Å². The van der Waals surface area contributed by atoms with Crippen LogP contribution in [0, 0.1) is 5.41 Å². The van der Waals surface area contributed by atoms with Crippen molar-refractivity contribution in [2.45, 2.75) is 45.7 Å². The minimum Gasteiger partial charge on any atom is -0.481 e. The Morgan fingerprint density at radius 3 is 2.54 bits per heavy atom. The predicted molar refractivity (Wildman–Crippen MR) is 89.1 cm³/mol. The van der Waals surface area contributed by atoms with Crippen molar-refractivity contribution >= 4 is 17.8 Å². The summed E-state index contributed by atoms with van der Waals surface area (Å²) in [7, 11) is 0. The van der Waals surface area contributed by atoms with Gasteiger partial charge in [0.25, 0.3) is 0 Å². The van der Waals surface area contributed by atoms with E-state index in [1.54, 1.807) is 18.7 Å². The molecule has 6 heteroatoms. The number of hydrogen-bond donors (Lipinski definition) is 2. The standard InChI is InChI=1S/C18H24N2O4/c1-18(2,10-17(23)24)9-15(21)19-14-8-16(22)20(12-14)11-13-6-4-3-5-7-13/h3-7,14H,8-12H2,1-2H3,(H,19,21)(H,23,24). The fraction of sp³-hybridized carbons (Fsp3) is 0.500. The van der Waals surface area contributed by atoms with Gasteiger partial charge < -0.3 is 15.3 Å². The Labute approximate surface area is 141 Å². The molecule has 0 saturated carbocycles. The zero-order chi connectivity index (χ0) is 17.7. The van der Waals surface area contributed by atoms with Gasteiger partial charge in [-0.25, -0.2) is 0 Å². The fourth-order valence-electron chi connectivity index (χ4n) is 3.01. The van der Waals surface area contributed by atoms with Crippen LogP contribution in [0.1, 0.15) is 38.7 Å². The van der Waals surface area contributed by atoms with E-state index in [0.717, 1.165) is 5.56 Å². The van der Waals surface area contributed by atoms with Crippen molar-refractivity contribution in [1.29, 1.82) is 0 Å². The molecule has 0 spiro atoms. The molecule has 0 radical (unpaired) electrons. The number of carboxylic acids is 1. The number of carbonyl (C=O) groups excluding carboxylic acids is 2. The topological polar surface area (TPSA) is 86.7 Å². The molecule has 1 aromatic rings. The number of benzene rings is 1. The molecule has 1 heterocycles. The molecule has 2 amide bonds. The molecular formula is C18H24N2O4. The highest BCUT2D eigenvalue weighted by atomic mass is 16.4. The number of nitrogens with zero attached hydrogens (tertiary/aromatic N) is 1. The smallest absolute Gasteiger partial charge is 0.303 e. The number of carbonyl (C=O) groups is 3. The maximum Gasteiger partial charge on any atom is 0.303 e. The van der Waals surface area contributed by atoms with Crippen LogP contribution in [0.5, 0.6) is 0 Å². The summed E-state index contributed by atoms with van der Waals surface area (Å²) in [6, 6.07) is 9.51. The van der Waals surface area contributed by atoms with Gasteiger partial charge in [-0.1, -0.05) is 44.2 Å². The lowest BCUT2D eigenvalue weighted by molar-refractivity contribution is -0.139. The zero-order valence-corrected chi connectivity index (χ0v) is 14.1. The van der Waals surface area contributed by atoms with Gasteiger partial charge in [0, 0.05) is 25.9 Å². The molecule has 1 atom stereocenters. The molecule has 2 rings (SSSR count). The van der Waals surface area contributed by atoms with Gasteiger partial charge in [-0.05, 0) is 11.0 Å². The lowest BCUT2D eigenvalue weighted by Gasteiger charge is -2.23. The third kappa shape index (κ3) is 5.37. The summed E-state index contributed by atoms with van der Waals surface area (Å²) < 4.78 is 0. The maximum absolute atomic E-state index is 12.1. The quantitative estimate of drug-likeness (QED) is 0.797. The van der Waals surface area contributed by atoms with E-state index in [2.05, 4.69) is 5.32 Å². The molecule has 130 valence electrons. The van der Waals surface area contributed by atoms with Crippen molar-refractivity contribution in [3.8, 4) is 0 Å². The van der Waals surface area contributed by atoms with E-state index in [1.807, 2.05) is 30.3 Å². The molecule has 1 aliphatic heterocycles. The van der Waals surface area contributed by atoms with Crippen LogP contribution in [-0.2, 0) is 20.9 Å². The minimum absolute atomic E-state index is 0.0222. The van der Waals surface area contributed by atoms with Gasteiger partial charge in [0.2, 0.25) is 11.8 Å². The van der Waals surface area contributed by atoms with Crippen molar-refractivity contribution in [2.75, 3.05) is 6.54 Å². The second-order valence-corrected chi connectivity index (χ2v) is 7.14. The first kappa shape index (κ1) is 18.0. The number of carboxylic acid groups (broad SMARTS) is 1. The van der Waals surface area contributed by atoms with Crippen LogP contribution < -0.4 is 5.32 Å². The van der Waals surface area contributed by atoms with Crippen LogP contribution in [0.3, 0.4) is 0 Å². The van der Waals surface area contributed by atoms with Gasteiger partial charge in [0.05, 0.1) is 12.5 Å². The second-order valence-electron chi connectivity index (χ2n) is 7.14. The fourth-order valence-corrected chi connectivity index (χ4v) is 3.01. The van der Waals surface area contributed by atoms with E-state index in [9.17, 15) is 14.4 Å². The molecule has 6 nitrogen and oxygen atoms in total. The molecule has 0 bridgehead atoms. The average molecular weight is 332 g/mol. The molecule has 1 unspecified atom stereocenters. The Kier molecular flexibility index (Phi) is 5.59. The summed E-state index contributed by atoms with van der Waals surface area (Å²) in [6.07, 6.45) is 0.352. The van der Waals surface area contributed by atoms with Crippen LogP contribution in [0.25, 0.3) is 0 Å². The lowest BCUT2D eigenvalue weighted by atomic mass is 9.85. The summed E-state index contributed by atoms with van der Waals surface area (Å²) in [6.45, 7) is 4.53. The Balaban J connectivity index is 1.85. The molecule has 1 aliphatic rings. The van der Waals surface area contributed by atoms with Crippen molar-refractivity contribution in [1.82, 2.24) is 10.2 Å². The van der Waals surface area contributed by atoms with Crippen molar-refractivity contribution < 1.29 is 19.5 Å². The third-order valence-corrected chi connectivity index (χ3v) is 4.06. The van der Waals surface area contributed by atoms with Crippen LogP contribution in [0.2, 0.25) is 0 Å². The molecule has 0 aromatic heterocycles. The lowest BCUT2D eigenvalue weighted by Crippen LogP contribution is -2.39. The summed E-state index contributed by atoms with van der Waals surface area (Å²) in [5.41, 5.74) is 0.447. The molecule has 24 heavy (non-hydrogen) atoms. The van der Waals surface area contributed by atoms with E-state index in [-0.39, 0.29) is 37.1 Å². The van der Waals surface area contributed by atoms with Crippen molar-refractivity contribution in [3.63, 3.8) is 0 Å². The number of likely N-dealkylation sites (tertiary alicyclic amines) is 1. The monoisotopic (exact) mass is 332 g/mol. The van der Waals surface area contributed by atoms with Gasteiger partial charge in [-0.3, -0.25) is 14.4 Å². The van der Waals surface area contributed by atoms with Crippen molar-refractivity contribution in [3.05, 3.63) is 35.9 Å². The molecule has 0 aliphatic carbocycles. The number of rotatable bonds is 7.